The van der Waals surface area contributed by atoms with E-state index in [1.54, 1.807) is 0 Å². The second-order valence-electron chi connectivity index (χ2n) is 23.7. The maximum Gasteiger partial charge on any atom is 0.0644 e. The molecular weight excluding hydrogens is 993 g/mol. The smallest absolute Gasteiger partial charge is 0.0644 e. The van der Waals surface area contributed by atoms with Crippen LogP contribution in [0.4, 0.5) is 34.1 Å². The van der Waals surface area contributed by atoms with Crippen molar-refractivity contribution in [2.45, 2.75) is 38.5 Å². The van der Waals surface area contributed by atoms with Gasteiger partial charge in [-0.25, -0.2) is 0 Å². The molecule has 13 aromatic rings. The lowest BCUT2D eigenvalue weighted by Crippen LogP contribution is -2.15. The lowest BCUT2D eigenvalue weighted by atomic mass is 9.81. The highest BCUT2D eigenvalue weighted by molar-refractivity contribution is 6.22. The molecule has 11 aromatic carbocycles. The molecule has 2 heterocycles. The van der Waals surface area contributed by atoms with Gasteiger partial charge >= 0.3 is 0 Å². The van der Waals surface area contributed by atoms with Gasteiger partial charge in [-0.3, -0.25) is 9.97 Å². The fourth-order valence-corrected chi connectivity index (χ4v) is 14.8. The molecule has 0 aliphatic heterocycles. The van der Waals surface area contributed by atoms with Crippen LogP contribution >= 0.6 is 0 Å². The third-order valence-corrected chi connectivity index (χ3v) is 18.7. The third kappa shape index (κ3) is 6.61. The normalized spacial score (nSPS) is 13.8. The molecule has 4 aliphatic rings. The molecule has 0 radical (unpaired) electrons. The first-order chi connectivity index (χ1) is 40.2. The molecule has 0 bridgehead atoms. The number of aromatic nitrogens is 2. The summed E-state index contributed by atoms with van der Waals surface area (Å²) in [5.74, 6) is 0. The summed E-state index contributed by atoms with van der Waals surface area (Å²) in [6, 6.07) is 86.0. The van der Waals surface area contributed by atoms with Crippen LogP contribution in [0.15, 0.2) is 255 Å². The Balaban J connectivity index is 0.724. The number of benzene rings is 11. The highest BCUT2D eigenvalue weighted by Crippen LogP contribution is 2.60. The number of fused-ring (bicyclic) bond motifs is 14. The fraction of sp³-hybridized carbons (Fsp3) is 0.0769. The predicted octanol–water partition coefficient (Wildman–Crippen LogP) is 21.0. The first kappa shape index (κ1) is 46.7. The van der Waals surface area contributed by atoms with E-state index < -0.39 is 0 Å². The Labute approximate surface area is 477 Å². The minimum Gasteiger partial charge on any atom is -0.309 e. The molecule has 0 saturated heterocycles. The number of nitrogens with zero attached hydrogens (tertiary/aromatic N) is 4. The molecule has 0 atom stereocenters. The van der Waals surface area contributed by atoms with Crippen molar-refractivity contribution in [1.82, 2.24) is 9.97 Å². The first-order valence-corrected chi connectivity index (χ1v) is 28.6. The molecule has 4 nitrogen and oxygen atoms in total. The molecule has 0 unspecified atom stereocenters. The molecule has 0 saturated carbocycles. The van der Waals surface area contributed by atoms with Crippen LogP contribution in [0.25, 0.3) is 111 Å². The Morgan fingerprint density at radius 1 is 0.268 bits per heavy atom. The summed E-state index contributed by atoms with van der Waals surface area (Å²) in [4.78, 5) is 13.8. The van der Waals surface area contributed by atoms with E-state index in [0.29, 0.717) is 0 Å². The SMILES string of the molecule is CC1(C)c2ccccc2-c2c1cc1c3c(cccc23)-c2ccc(-c3ccc(N(c4cccnc4)c4cccc(-c5ccc6c(c5)-c5c(cc7c8c(cccc58)-c5ccc(N(c8ccccc8)c8cccnc8)cc5-7)C6(C)C)c4)cc3)cc2-1. The number of hydrogen-bond acceptors (Lipinski definition) is 4. The van der Waals surface area contributed by atoms with Gasteiger partial charge in [0.1, 0.15) is 0 Å². The molecule has 4 aliphatic carbocycles. The fourth-order valence-electron chi connectivity index (χ4n) is 14.8. The highest BCUT2D eigenvalue weighted by Gasteiger charge is 2.41. The van der Waals surface area contributed by atoms with Crippen molar-refractivity contribution < 1.29 is 0 Å². The standard InChI is InChI=1S/C78H54N4/c1-77(2)69-26-9-8-21-61(69)75-62-24-11-22-59-57-34-29-49(40-64(57)66(73(59)62)43-71(75)77)47-27-31-52(32-28-47)82(56-20-14-38-80-46-56)53-18-10-15-48(39-53)50-30-36-70-68(41-50)76-63-25-12-23-60-58-35-33-54(42-65(58)67(74(60)63)44-72(76)78(70,3)4)81(51-16-6-5-7-17-51)55-19-13-37-79-45-55/h5-46H,1-4H3. The Morgan fingerprint density at radius 2 is 0.732 bits per heavy atom. The van der Waals surface area contributed by atoms with Crippen molar-refractivity contribution in [3.05, 3.63) is 278 Å². The summed E-state index contributed by atoms with van der Waals surface area (Å²) in [7, 11) is 0. The molecule has 4 heteroatoms. The van der Waals surface area contributed by atoms with E-state index in [0.717, 1.165) is 39.7 Å². The van der Waals surface area contributed by atoms with Crippen LogP contribution in [0.2, 0.25) is 0 Å². The van der Waals surface area contributed by atoms with Crippen LogP contribution < -0.4 is 9.80 Å². The van der Waals surface area contributed by atoms with Crippen molar-refractivity contribution in [2.24, 2.45) is 0 Å². The van der Waals surface area contributed by atoms with Crippen molar-refractivity contribution >= 4 is 55.7 Å². The summed E-state index contributed by atoms with van der Waals surface area (Å²) in [5, 5.41) is 5.36. The molecule has 82 heavy (non-hydrogen) atoms. The Morgan fingerprint density at radius 3 is 1.39 bits per heavy atom. The number of para-hydroxylation sites is 1. The van der Waals surface area contributed by atoms with E-state index in [1.807, 2.05) is 36.9 Å². The molecular formula is C78H54N4. The second kappa shape index (κ2) is 17.2. The Hall–Kier alpha value is -10.2. The summed E-state index contributed by atoms with van der Waals surface area (Å²) < 4.78 is 0. The van der Waals surface area contributed by atoms with E-state index >= 15 is 0 Å². The quantitative estimate of drug-likeness (QED) is 0.152. The summed E-state index contributed by atoms with van der Waals surface area (Å²) in [6.07, 6.45) is 7.59. The Kier molecular flexibility index (Phi) is 9.79. The van der Waals surface area contributed by atoms with Gasteiger partial charge in [0, 0.05) is 46.0 Å². The van der Waals surface area contributed by atoms with Crippen molar-refractivity contribution in [3.63, 3.8) is 0 Å². The van der Waals surface area contributed by atoms with Crippen LogP contribution in [0.5, 0.6) is 0 Å². The van der Waals surface area contributed by atoms with E-state index in [2.05, 4.69) is 266 Å². The van der Waals surface area contributed by atoms with Gasteiger partial charge in [-0.05, 0) is 230 Å². The van der Waals surface area contributed by atoms with Crippen LogP contribution in [0.1, 0.15) is 49.9 Å². The van der Waals surface area contributed by atoms with Gasteiger partial charge < -0.3 is 9.80 Å². The Bertz CT molecular complexity index is 4810. The van der Waals surface area contributed by atoms with Crippen LogP contribution in [0.3, 0.4) is 0 Å². The summed E-state index contributed by atoms with van der Waals surface area (Å²) >= 11 is 0. The summed E-state index contributed by atoms with van der Waals surface area (Å²) in [5.41, 5.74) is 32.2. The van der Waals surface area contributed by atoms with Crippen molar-refractivity contribution in [3.8, 4) is 89.0 Å². The van der Waals surface area contributed by atoms with Crippen molar-refractivity contribution in [1.29, 1.82) is 0 Å². The van der Waals surface area contributed by atoms with Crippen molar-refractivity contribution in [2.75, 3.05) is 9.80 Å². The van der Waals surface area contributed by atoms with E-state index in [9.17, 15) is 0 Å². The minimum atomic E-state index is -0.218. The number of anilines is 6. The van der Waals surface area contributed by atoms with E-state index in [4.69, 9.17) is 0 Å². The average molecular weight is 1050 g/mol. The lowest BCUT2D eigenvalue weighted by Gasteiger charge is -2.26. The number of rotatable bonds is 8. The monoisotopic (exact) mass is 1050 g/mol. The molecule has 386 valence electrons. The van der Waals surface area contributed by atoms with Gasteiger partial charge in [0.2, 0.25) is 0 Å². The minimum absolute atomic E-state index is 0.0843. The van der Waals surface area contributed by atoms with Gasteiger partial charge in [0.05, 0.1) is 23.8 Å². The molecule has 0 N–H and O–H groups in total. The highest BCUT2D eigenvalue weighted by atomic mass is 15.2. The zero-order chi connectivity index (χ0) is 54.6. The second-order valence-corrected chi connectivity index (χ2v) is 23.7. The van der Waals surface area contributed by atoms with E-state index in [1.165, 1.54) is 127 Å². The maximum absolute atomic E-state index is 4.63. The summed E-state index contributed by atoms with van der Waals surface area (Å²) in [6.45, 7) is 9.57. The zero-order valence-electron chi connectivity index (χ0n) is 46.0. The number of pyridine rings is 2. The van der Waals surface area contributed by atoms with Gasteiger partial charge in [-0.1, -0.05) is 161 Å². The average Bonchev–Trinajstić information content (AvgIpc) is 2.51. The topological polar surface area (TPSA) is 32.3 Å². The maximum atomic E-state index is 4.63. The molecule has 0 amide bonds. The predicted molar refractivity (Wildman–Crippen MR) is 341 cm³/mol. The van der Waals surface area contributed by atoms with E-state index in [-0.39, 0.29) is 10.8 Å². The first-order valence-electron chi connectivity index (χ1n) is 28.6. The molecule has 17 rings (SSSR count). The zero-order valence-corrected chi connectivity index (χ0v) is 46.0. The van der Waals surface area contributed by atoms with Gasteiger partial charge in [-0.2, -0.15) is 0 Å². The number of hydrogen-bond donors (Lipinski definition) is 0. The van der Waals surface area contributed by atoms with Crippen LogP contribution in [-0.2, 0) is 10.8 Å². The molecule has 0 spiro atoms. The molecule has 2 aromatic heterocycles. The third-order valence-electron chi connectivity index (χ3n) is 18.7. The van der Waals surface area contributed by atoms with Crippen LogP contribution in [0, 0.1) is 0 Å². The van der Waals surface area contributed by atoms with Crippen LogP contribution in [-0.4, -0.2) is 9.97 Å². The molecule has 0 fully saturated rings. The largest absolute Gasteiger partial charge is 0.309 e. The van der Waals surface area contributed by atoms with Gasteiger partial charge in [-0.15, -0.1) is 0 Å². The van der Waals surface area contributed by atoms with Gasteiger partial charge in [0.15, 0.2) is 0 Å². The lowest BCUT2D eigenvalue weighted by molar-refractivity contribution is 0.661. The van der Waals surface area contributed by atoms with Gasteiger partial charge in [0.25, 0.3) is 0 Å².